The second-order valence-electron chi connectivity index (χ2n) is 8.28. The van der Waals surface area contributed by atoms with Crippen LogP contribution in [-0.4, -0.2) is 41.3 Å². The van der Waals surface area contributed by atoms with Gasteiger partial charge in [-0.25, -0.2) is 9.18 Å². The smallest absolute Gasteiger partial charge is 0.384 e. The number of nitrogens with zero attached hydrogens (tertiary/aromatic N) is 2. The first kappa shape index (κ1) is 25.8. The zero-order valence-electron chi connectivity index (χ0n) is 18.7. The van der Waals surface area contributed by atoms with Crippen molar-refractivity contribution in [1.29, 1.82) is 0 Å². The van der Waals surface area contributed by atoms with Crippen LogP contribution in [0, 0.1) is 17.7 Å². The van der Waals surface area contributed by atoms with Crippen LogP contribution in [0.25, 0.3) is 11.4 Å². The molecule has 0 unspecified atom stereocenters. The maximum atomic E-state index is 14.7. The van der Waals surface area contributed by atoms with E-state index >= 15 is 0 Å². The van der Waals surface area contributed by atoms with Crippen molar-refractivity contribution in [3.05, 3.63) is 86.7 Å². The molecule has 0 saturated carbocycles. The summed E-state index contributed by atoms with van der Waals surface area (Å²) in [4.78, 5) is 26.4. The molecule has 0 spiro atoms. The molecule has 4 rings (SSSR count). The highest BCUT2D eigenvalue weighted by Gasteiger charge is 2.50. The quantitative estimate of drug-likeness (QED) is 0.400. The Bertz CT molecular complexity index is 1340. The highest BCUT2D eigenvalue weighted by Crippen LogP contribution is 2.38. The van der Waals surface area contributed by atoms with Crippen molar-refractivity contribution in [3.63, 3.8) is 0 Å². The first-order valence-electron chi connectivity index (χ1n) is 10.8. The number of urea groups is 1. The van der Waals surface area contributed by atoms with Crippen molar-refractivity contribution in [1.82, 2.24) is 14.8 Å². The predicted molar refractivity (Wildman–Crippen MR) is 132 cm³/mol. The lowest BCUT2D eigenvalue weighted by atomic mass is 9.95. The van der Waals surface area contributed by atoms with Crippen molar-refractivity contribution in [2.45, 2.75) is 6.18 Å². The van der Waals surface area contributed by atoms with Gasteiger partial charge in [-0.1, -0.05) is 24.2 Å². The first-order valence-corrected chi connectivity index (χ1v) is 12.0. The van der Waals surface area contributed by atoms with Gasteiger partial charge < -0.3 is 15.5 Å². The third-order valence-electron chi connectivity index (χ3n) is 5.89. The summed E-state index contributed by atoms with van der Waals surface area (Å²) < 4.78 is 57.6. The molecule has 2 N–H and O–H groups in total. The number of hydrogen-bond donors (Lipinski definition) is 2. The Morgan fingerprint density at radius 2 is 1.94 bits per heavy atom. The van der Waals surface area contributed by atoms with E-state index in [1.807, 2.05) is 0 Å². The van der Waals surface area contributed by atoms with Crippen molar-refractivity contribution < 1.29 is 22.4 Å². The Kier molecular flexibility index (Phi) is 7.41. The Hall–Kier alpha value is -3.31. The summed E-state index contributed by atoms with van der Waals surface area (Å²) in [6, 6.07) is 10.7. The fraction of sp³-hybridized carbons (Fsp3) is 0.250. The van der Waals surface area contributed by atoms with E-state index in [0.717, 1.165) is 11.0 Å². The molecule has 2 atom stereocenters. The van der Waals surface area contributed by atoms with Gasteiger partial charge in [0.25, 0.3) is 5.56 Å². The third-order valence-corrected chi connectivity index (χ3v) is 7.18. The summed E-state index contributed by atoms with van der Waals surface area (Å²) in [5.41, 5.74) is 0.109. The number of carbonyl (C=O) groups is 1. The fourth-order valence-corrected chi connectivity index (χ4v) is 5.01. The number of anilines is 1. The van der Waals surface area contributed by atoms with Crippen LogP contribution in [0.4, 0.5) is 28.0 Å². The van der Waals surface area contributed by atoms with E-state index in [-0.39, 0.29) is 30.0 Å². The largest absolute Gasteiger partial charge is 0.393 e. The number of carbonyl (C=O) groups excluding carboxylic acids is 1. The number of amides is 2. The van der Waals surface area contributed by atoms with E-state index in [9.17, 15) is 27.2 Å². The molecule has 3 heterocycles. The van der Waals surface area contributed by atoms with E-state index in [1.54, 1.807) is 24.3 Å². The minimum atomic E-state index is -4.52. The molecular formula is C24H21ClF4N4O2S. The molecule has 1 aliphatic heterocycles. The van der Waals surface area contributed by atoms with E-state index in [1.165, 1.54) is 40.3 Å². The van der Waals surface area contributed by atoms with Crippen LogP contribution in [0.15, 0.2) is 66.1 Å². The standard InChI is InChI=1S/C24H21ClF4N4O2S/c1-14(20-7-8-21(25)36-20)30-11-15-12-32(13-17(15)24(27,28)29)23(35)31-19-6-5-16(10-18(19)26)33-9-3-2-4-22(33)34/h2-10,15,17,30H,1,11-13H2,(H,31,35)/t15-,17-/m0/s1. The molecule has 1 saturated heterocycles. The van der Waals surface area contributed by atoms with Crippen LogP contribution in [-0.2, 0) is 0 Å². The second-order valence-corrected chi connectivity index (χ2v) is 9.99. The zero-order chi connectivity index (χ0) is 26.0. The summed E-state index contributed by atoms with van der Waals surface area (Å²) in [5.74, 6) is -3.51. The third kappa shape index (κ3) is 5.73. The minimum absolute atomic E-state index is 0.0583. The monoisotopic (exact) mass is 540 g/mol. The molecule has 6 nitrogen and oxygen atoms in total. The van der Waals surface area contributed by atoms with Crippen molar-refractivity contribution >= 4 is 40.4 Å². The van der Waals surface area contributed by atoms with Gasteiger partial charge in [-0.15, -0.1) is 11.3 Å². The molecule has 2 aromatic heterocycles. The first-order chi connectivity index (χ1) is 17.0. The molecule has 2 amide bonds. The lowest BCUT2D eigenvalue weighted by Gasteiger charge is -2.21. The van der Waals surface area contributed by atoms with Crippen molar-refractivity contribution in [2.24, 2.45) is 11.8 Å². The van der Waals surface area contributed by atoms with Crippen LogP contribution < -0.4 is 16.2 Å². The lowest BCUT2D eigenvalue weighted by molar-refractivity contribution is -0.179. The number of likely N-dealkylation sites (tertiary alicyclic amines) is 1. The number of alkyl halides is 3. The Morgan fingerprint density at radius 3 is 2.58 bits per heavy atom. The Morgan fingerprint density at radius 1 is 1.17 bits per heavy atom. The summed E-state index contributed by atoms with van der Waals surface area (Å²) >= 11 is 7.15. The van der Waals surface area contributed by atoms with Crippen molar-refractivity contribution in [3.8, 4) is 5.69 Å². The van der Waals surface area contributed by atoms with Crippen LogP contribution in [0.2, 0.25) is 4.34 Å². The van der Waals surface area contributed by atoms with E-state index < -0.39 is 36.4 Å². The number of thiophene rings is 1. The Balaban J connectivity index is 1.43. The summed E-state index contributed by atoms with van der Waals surface area (Å²) in [7, 11) is 0. The van der Waals surface area contributed by atoms with Crippen LogP contribution >= 0.6 is 22.9 Å². The number of halogens is 5. The molecule has 0 bridgehead atoms. The lowest BCUT2D eigenvalue weighted by Crippen LogP contribution is -2.35. The van der Waals surface area contributed by atoms with Crippen LogP contribution in [0.3, 0.4) is 0 Å². The second kappa shape index (κ2) is 10.4. The Labute approximate surface area is 212 Å². The number of nitrogens with one attached hydrogen (secondary N) is 2. The maximum Gasteiger partial charge on any atom is 0.393 e. The van der Waals surface area contributed by atoms with Crippen LogP contribution in [0.1, 0.15) is 4.88 Å². The van der Waals surface area contributed by atoms with Crippen LogP contribution in [0.5, 0.6) is 0 Å². The summed E-state index contributed by atoms with van der Waals surface area (Å²) in [5, 5.41) is 5.25. The van der Waals surface area contributed by atoms with Gasteiger partial charge >= 0.3 is 12.2 Å². The summed E-state index contributed by atoms with van der Waals surface area (Å²) in [6.07, 6.45) is -3.06. The van der Waals surface area contributed by atoms with Gasteiger partial charge in [-0.2, -0.15) is 13.2 Å². The van der Waals surface area contributed by atoms with E-state index in [2.05, 4.69) is 17.2 Å². The number of hydrogen-bond acceptors (Lipinski definition) is 4. The average Bonchev–Trinajstić information content (AvgIpc) is 3.46. The average molecular weight is 541 g/mol. The minimum Gasteiger partial charge on any atom is -0.384 e. The topological polar surface area (TPSA) is 66.4 Å². The number of pyridine rings is 1. The highest BCUT2D eigenvalue weighted by molar-refractivity contribution is 7.17. The summed E-state index contributed by atoms with van der Waals surface area (Å²) in [6.45, 7) is 3.05. The molecule has 0 aliphatic carbocycles. The predicted octanol–water partition coefficient (Wildman–Crippen LogP) is 5.59. The van der Waals surface area contributed by atoms with Gasteiger partial charge in [0.2, 0.25) is 0 Å². The van der Waals surface area contributed by atoms with Gasteiger partial charge in [-0.05, 0) is 30.3 Å². The number of rotatable bonds is 6. The normalized spacial score (nSPS) is 17.8. The van der Waals surface area contributed by atoms with Gasteiger partial charge in [0.1, 0.15) is 5.82 Å². The molecule has 1 fully saturated rings. The molecular weight excluding hydrogens is 520 g/mol. The molecule has 36 heavy (non-hydrogen) atoms. The van der Waals surface area contributed by atoms with Gasteiger partial charge in [0, 0.05) is 49.6 Å². The molecule has 190 valence electrons. The molecule has 12 heteroatoms. The molecule has 1 aromatic carbocycles. The fourth-order valence-electron chi connectivity index (χ4n) is 4.02. The van der Waals surface area contributed by atoms with Gasteiger partial charge in [0.15, 0.2) is 0 Å². The molecule has 1 aliphatic rings. The van der Waals surface area contributed by atoms with E-state index in [0.29, 0.717) is 14.9 Å². The number of benzene rings is 1. The zero-order valence-corrected chi connectivity index (χ0v) is 20.3. The van der Waals surface area contributed by atoms with Crippen molar-refractivity contribution in [2.75, 3.05) is 25.0 Å². The number of aromatic nitrogens is 1. The maximum absolute atomic E-state index is 14.7. The van der Waals surface area contributed by atoms with Gasteiger partial charge in [0.05, 0.1) is 26.5 Å². The van der Waals surface area contributed by atoms with Gasteiger partial charge in [-0.3, -0.25) is 9.36 Å². The SMILES string of the molecule is C=C(NC[C@H]1CN(C(=O)Nc2ccc(-n3ccccc3=O)cc2F)C[C@@H]1C(F)(F)F)c1ccc(Cl)s1. The highest BCUT2D eigenvalue weighted by atomic mass is 35.5. The molecule has 3 aromatic rings. The molecule has 0 radical (unpaired) electrons. The van der Waals surface area contributed by atoms with E-state index in [4.69, 9.17) is 11.6 Å².